The Balaban J connectivity index is 1.12. The first-order chi connectivity index (χ1) is 31.7. The van der Waals surface area contributed by atoms with E-state index in [2.05, 4.69) is 253 Å². The lowest BCUT2D eigenvalue weighted by molar-refractivity contribution is 1.18. The van der Waals surface area contributed by atoms with Crippen molar-refractivity contribution in [2.75, 3.05) is 4.90 Å². The fourth-order valence-corrected chi connectivity index (χ4v) is 11.1. The SMILES string of the molecule is Cc1c(N(c2ccc(-c3ccccc3)cc2)c2ccc3c(sc4ccccc43)c2-c2ccc(-n3c4ccccc4c4ccccc43)cc2)ccc(-c2ccccc2)c1-c1ccccc1. The van der Waals surface area contributed by atoms with Gasteiger partial charge in [0.25, 0.3) is 0 Å². The molecule has 0 aliphatic rings. The van der Waals surface area contributed by atoms with Gasteiger partial charge in [-0.15, -0.1) is 11.3 Å². The van der Waals surface area contributed by atoms with E-state index in [0.717, 1.165) is 22.7 Å². The molecule has 0 saturated heterocycles. The first-order valence-electron chi connectivity index (χ1n) is 21.9. The molecule has 302 valence electrons. The number of hydrogen-bond acceptors (Lipinski definition) is 2. The summed E-state index contributed by atoms with van der Waals surface area (Å²) in [5.74, 6) is 0. The molecule has 2 nitrogen and oxygen atoms in total. The van der Waals surface area contributed by atoms with Crippen LogP contribution in [0, 0.1) is 6.92 Å². The third-order valence-electron chi connectivity index (χ3n) is 12.8. The van der Waals surface area contributed by atoms with Gasteiger partial charge in [0.05, 0.1) is 16.7 Å². The van der Waals surface area contributed by atoms with Crippen molar-refractivity contribution in [1.29, 1.82) is 0 Å². The van der Waals surface area contributed by atoms with Crippen LogP contribution < -0.4 is 4.90 Å². The molecule has 3 heteroatoms. The van der Waals surface area contributed by atoms with Crippen LogP contribution in [0.5, 0.6) is 0 Å². The Hall–Kier alpha value is -7.98. The average Bonchev–Trinajstić information content (AvgIpc) is 3.91. The van der Waals surface area contributed by atoms with E-state index in [-0.39, 0.29) is 0 Å². The zero-order chi connectivity index (χ0) is 42.6. The minimum Gasteiger partial charge on any atom is -0.310 e. The van der Waals surface area contributed by atoms with Crippen LogP contribution in [0.4, 0.5) is 17.1 Å². The van der Waals surface area contributed by atoms with Crippen molar-refractivity contribution in [3.05, 3.63) is 242 Å². The first kappa shape index (κ1) is 37.8. The van der Waals surface area contributed by atoms with Gasteiger partial charge in [-0.2, -0.15) is 0 Å². The van der Waals surface area contributed by atoms with Crippen LogP contribution in [0.3, 0.4) is 0 Å². The number of hydrogen-bond donors (Lipinski definition) is 0. The lowest BCUT2D eigenvalue weighted by atomic mass is 9.89. The number of fused-ring (bicyclic) bond motifs is 6. The Labute approximate surface area is 377 Å². The summed E-state index contributed by atoms with van der Waals surface area (Å²) in [6.07, 6.45) is 0. The summed E-state index contributed by atoms with van der Waals surface area (Å²) in [5.41, 5.74) is 17.7. The van der Waals surface area contributed by atoms with Gasteiger partial charge >= 0.3 is 0 Å². The summed E-state index contributed by atoms with van der Waals surface area (Å²) >= 11 is 1.88. The highest BCUT2D eigenvalue weighted by Gasteiger charge is 2.25. The first-order valence-corrected chi connectivity index (χ1v) is 22.7. The molecule has 12 aromatic rings. The van der Waals surface area contributed by atoms with Gasteiger partial charge in [0, 0.05) is 53.6 Å². The molecule has 0 aliphatic carbocycles. The van der Waals surface area contributed by atoms with Crippen LogP contribution in [-0.4, -0.2) is 4.57 Å². The molecule has 0 spiro atoms. The van der Waals surface area contributed by atoms with Crippen LogP contribution in [0.15, 0.2) is 237 Å². The Bertz CT molecular complexity index is 3590. The molecule has 0 atom stereocenters. The molecule has 0 amide bonds. The van der Waals surface area contributed by atoms with Crippen molar-refractivity contribution in [3.8, 4) is 50.2 Å². The van der Waals surface area contributed by atoms with E-state index in [1.807, 2.05) is 11.3 Å². The number of anilines is 3. The highest BCUT2D eigenvalue weighted by molar-refractivity contribution is 7.26. The second kappa shape index (κ2) is 15.7. The summed E-state index contributed by atoms with van der Waals surface area (Å²) in [7, 11) is 0. The molecular formula is C61H42N2S. The van der Waals surface area contributed by atoms with Crippen molar-refractivity contribution >= 4 is 70.4 Å². The minimum atomic E-state index is 1.10. The minimum absolute atomic E-state index is 1.10. The number of aromatic nitrogens is 1. The van der Waals surface area contributed by atoms with Gasteiger partial charge in [-0.1, -0.05) is 182 Å². The molecule has 0 unspecified atom stereocenters. The van der Waals surface area contributed by atoms with E-state index < -0.39 is 0 Å². The monoisotopic (exact) mass is 834 g/mol. The number of nitrogens with zero attached hydrogens (tertiary/aromatic N) is 2. The zero-order valence-corrected chi connectivity index (χ0v) is 36.1. The van der Waals surface area contributed by atoms with Gasteiger partial charge < -0.3 is 9.47 Å². The summed E-state index contributed by atoms with van der Waals surface area (Å²) in [6, 6.07) is 86.4. The molecular weight excluding hydrogens is 793 g/mol. The summed E-state index contributed by atoms with van der Waals surface area (Å²) in [6.45, 7) is 2.30. The predicted octanol–water partition coefficient (Wildman–Crippen LogP) is 17.6. The maximum atomic E-state index is 2.51. The molecule has 0 N–H and O–H groups in total. The quantitative estimate of drug-likeness (QED) is 0.148. The Morgan fingerprint density at radius 3 is 1.52 bits per heavy atom. The van der Waals surface area contributed by atoms with Crippen LogP contribution in [-0.2, 0) is 0 Å². The molecule has 0 saturated carbocycles. The van der Waals surface area contributed by atoms with Crippen LogP contribution >= 0.6 is 11.3 Å². The molecule has 12 rings (SSSR count). The lowest BCUT2D eigenvalue weighted by Gasteiger charge is -2.31. The van der Waals surface area contributed by atoms with Crippen LogP contribution in [0.2, 0.25) is 0 Å². The van der Waals surface area contributed by atoms with Crippen molar-refractivity contribution in [1.82, 2.24) is 4.57 Å². The molecule has 2 aromatic heterocycles. The molecule has 0 fully saturated rings. The van der Waals surface area contributed by atoms with E-state index in [4.69, 9.17) is 0 Å². The summed E-state index contributed by atoms with van der Waals surface area (Å²) in [5, 5.41) is 5.07. The fourth-order valence-electron chi connectivity index (χ4n) is 9.84. The van der Waals surface area contributed by atoms with E-state index in [1.54, 1.807) is 0 Å². The molecule has 0 bridgehead atoms. The number of benzene rings is 10. The zero-order valence-electron chi connectivity index (χ0n) is 35.3. The second-order valence-corrected chi connectivity index (χ2v) is 17.5. The van der Waals surface area contributed by atoms with Gasteiger partial charge in [-0.3, -0.25) is 0 Å². The van der Waals surface area contributed by atoms with Gasteiger partial charge in [-0.25, -0.2) is 0 Å². The maximum absolute atomic E-state index is 2.51. The molecule has 2 heterocycles. The maximum Gasteiger partial charge on any atom is 0.0554 e. The largest absolute Gasteiger partial charge is 0.310 e. The van der Waals surface area contributed by atoms with Crippen molar-refractivity contribution in [2.24, 2.45) is 0 Å². The van der Waals surface area contributed by atoms with E-state index >= 15 is 0 Å². The summed E-state index contributed by atoms with van der Waals surface area (Å²) in [4.78, 5) is 2.51. The Morgan fingerprint density at radius 2 is 0.859 bits per heavy atom. The molecule has 0 radical (unpaired) electrons. The highest BCUT2D eigenvalue weighted by atomic mass is 32.1. The second-order valence-electron chi connectivity index (χ2n) is 16.5. The van der Waals surface area contributed by atoms with Crippen LogP contribution in [0.25, 0.3) is 92.2 Å². The normalized spacial score (nSPS) is 11.5. The number of rotatable bonds is 8. The van der Waals surface area contributed by atoms with Crippen molar-refractivity contribution in [2.45, 2.75) is 6.92 Å². The van der Waals surface area contributed by atoms with E-state index in [0.29, 0.717) is 0 Å². The third kappa shape index (κ3) is 6.32. The predicted molar refractivity (Wildman–Crippen MR) is 275 cm³/mol. The highest BCUT2D eigenvalue weighted by Crippen LogP contribution is 2.51. The van der Waals surface area contributed by atoms with Gasteiger partial charge in [0.15, 0.2) is 0 Å². The number of thiophene rings is 1. The average molecular weight is 835 g/mol. The van der Waals surface area contributed by atoms with Crippen molar-refractivity contribution < 1.29 is 0 Å². The van der Waals surface area contributed by atoms with Crippen LogP contribution in [0.1, 0.15) is 5.56 Å². The van der Waals surface area contributed by atoms with E-state index in [9.17, 15) is 0 Å². The molecule has 0 aliphatic heterocycles. The Morgan fingerprint density at radius 1 is 0.359 bits per heavy atom. The lowest BCUT2D eigenvalue weighted by Crippen LogP contribution is -2.13. The van der Waals surface area contributed by atoms with Gasteiger partial charge in [0.2, 0.25) is 0 Å². The Kier molecular flexibility index (Phi) is 9.28. The molecule has 10 aromatic carbocycles. The topological polar surface area (TPSA) is 8.17 Å². The van der Waals surface area contributed by atoms with Gasteiger partial charge in [-0.05, 0) is 106 Å². The van der Waals surface area contributed by atoms with E-state index in [1.165, 1.54) is 92.0 Å². The molecule has 64 heavy (non-hydrogen) atoms. The third-order valence-corrected chi connectivity index (χ3v) is 14.0. The number of para-hydroxylation sites is 2. The summed E-state index contributed by atoms with van der Waals surface area (Å²) < 4.78 is 4.96. The van der Waals surface area contributed by atoms with Gasteiger partial charge in [0.1, 0.15) is 0 Å². The fraction of sp³-hybridized carbons (Fsp3) is 0.0164. The standard InChI is InChI=1S/C61H42N2S/c1-41-54(39-37-49(44-19-7-3-8-20-44)59(41)45-21-9-4-10-22-45)62(47-33-29-43(30-34-47)42-17-5-2-6-18-42)57-40-38-53-52-25-13-16-28-58(52)64-61(53)60(57)46-31-35-48(36-32-46)63-55-26-14-11-23-50(55)51-24-12-15-27-56(51)63/h2-40H,1H3. The smallest absolute Gasteiger partial charge is 0.0554 e. The van der Waals surface area contributed by atoms with Crippen molar-refractivity contribution in [3.63, 3.8) is 0 Å².